The number of benzene rings is 2. The summed E-state index contributed by atoms with van der Waals surface area (Å²) in [5, 5.41) is 2.89. The molecule has 150 valence electrons. The zero-order chi connectivity index (χ0) is 20.4. The maximum absolute atomic E-state index is 12.9. The van der Waals surface area contributed by atoms with Gasteiger partial charge in [-0.25, -0.2) is 9.97 Å². The number of hydrogen-bond acceptors (Lipinski definition) is 6. The number of nitrogens with zero attached hydrogens (tertiary/aromatic N) is 3. The molecule has 2 aromatic carbocycles. The van der Waals surface area contributed by atoms with Crippen LogP contribution in [0.15, 0.2) is 36.4 Å². The van der Waals surface area contributed by atoms with Crippen LogP contribution < -0.4 is 15.0 Å². The van der Waals surface area contributed by atoms with Crippen molar-refractivity contribution in [1.29, 1.82) is 0 Å². The fourth-order valence-electron chi connectivity index (χ4n) is 3.35. The summed E-state index contributed by atoms with van der Waals surface area (Å²) in [6, 6.07) is 11.7. The molecule has 0 aliphatic carbocycles. The van der Waals surface area contributed by atoms with Crippen LogP contribution in [0.25, 0.3) is 11.0 Å². The van der Waals surface area contributed by atoms with Gasteiger partial charge in [0.2, 0.25) is 5.88 Å². The van der Waals surface area contributed by atoms with Gasteiger partial charge in [0.25, 0.3) is 5.91 Å². The van der Waals surface area contributed by atoms with E-state index in [1.165, 1.54) is 7.11 Å². The Morgan fingerprint density at radius 1 is 1.03 bits per heavy atom. The number of hydrogen-bond donors (Lipinski definition) is 1. The normalized spacial score (nSPS) is 14.1. The lowest BCUT2D eigenvalue weighted by molar-refractivity contribution is 0.101. The molecule has 3 aromatic rings. The first kappa shape index (κ1) is 19.1. The van der Waals surface area contributed by atoms with Gasteiger partial charge in [-0.1, -0.05) is 0 Å². The Labute approximate surface area is 169 Å². The highest BCUT2D eigenvalue weighted by Gasteiger charge is 2.18. The Hall–Kier alpha value is -3.19. The molecule has 1 aromatic heterocycles. The summed E-state index contributed by atoms with van der Waals surface area (Å²) >= 11 is 0. The smallest absolute Gasteiger partial charge is 0.279 e. The Kier molecular flexibility index (Phi) is 5.31. The predicted octanol–water partition coefficient (Wildman–Crippen LogP) is 3.34. The second-order valence-electron chi connectivity index (χ2n) is 7.11. The summed E-state index contributed by atoms with van der Waals surface area (Å²) in [6.07, 6.45) is 0. The average molecular weight is 392 g/mol. The molecule has 0 saturated carbocycles. The number of fused-ring (bicyclic) bond motifs is 1. The minimum Gasteiger partial charge on any atom is -0.479 e. The quantitative estimate of drug-likeness (QED) is 0.734. The lowest BCUT2D eigenvalue weighted by atomic mass is 10.1. The largest absolute Gasteiger partial charge is 0.479 e. The van der Waals surface area contributed by atoms with Crippen LogP contribution in [-0.4, -0.2) is 49.3 Å². The van der Waals surface area contributed by atoms with Crippen molar-refractivity contribution in [2.75, 3.05) is 43.6 Å². The summed E-state index contributed by atoms with van der Waals surface area (Å²) in [5.74, 6) is -0.142. The molecule has 0 radical (unpaired) electrons. The third kappa shape index (κ3) is 4.00. The van der Waals surface area contributed by atoms with Gasteiger partial charge in [-0.05, 0) is 61.4 Å². The molecular weight excluding hydrogens is 368 g/mol. The van der Waals surface area contributed by atoms with E-state index < -0.39 is 0 Å². The predicted molar refractivity (Wildman–Crippen MR) is 113 cm³/mol. The summed E-state index contributed by atoms with van der Waals surface area (Å²) in [5.41, 5.74) is 5.56. The summed E-state index contributed by atoms with van der Waals surface area (Å²) in [4.78, 5) is 24.1. The first-order valence-electron chi connectivity index (χ1n) is 9.62. The highest BCUT2D eigenvalue weighted by molar-refractivity contribution is 6.05. The monoisotopic (exact) mass is 392 g/mol. The van der Waals surface area contributed by atoms with Gasteiger partial charge in [0.1, 0.15) is 0 Å². The number of morpholine rings is 1. The van der Waals surface area contributed by atoms with E-state index in [1.807, 2.05) is 50.2 Å². The van der Waals surface area contributed by atoms with Crippen LogP contribution >= 0.6 is 0 Å². The molecule has 0 unspecified atom stereocenters. The lowest BCUT2D eigenvalue weighted by Crippen LogP contribution is -2.36. The van der Waals surface area contributed by atoms with E-state index in [-0.39, 0.29) is 17.5 Å². The van der Waals surface area contributed by atoms with Gasteiger partial charge in [-0.3, -0.25) is 4.79 Å². The van der Waals surface area contributed by atoms with Crippen molar-refractivity contribution in [3.63, 3.8) is 0 Å². The van der Waals surface area contributed by atoms with Gasteiger partial charge >= 0.3 is 0 Å². The third-order valence-electron chi connectivity index (χ3n) is 5.16. The van der Waals surface area contributed by atoms with Gasteiger partial charge in [0, 0.05) is 24.5 Å². The van der Waals surface area contributed by atoms with Gasteiger partial charge in [-0.15, -0.1) is 0 Å². The Balaban J connectivity index is 1.57. The molecule has 0 atom stereocenters. The van der Waals surface area contributed by atoms with Crippen LogP contribution in [0.3, 0.4) is 0 Å². The van der Waals surface area contributed by atoms with Gasteiger partial charge in [0.15, 0.2) is 5.69 Å². The Morgan fingerprint density at radius 2 is 1.66 bits per heavy atom. The molecule has 0 spiro atoms. The van der Waals surface area contributed by atoms with Crippen molar-refractivity contribution in [2.45, 2.75) is 13.8 Å². The standard InChI is InChI=1S/C22H24N4O3/c1-14-12-18-19(13-15(14)2)25-22(28-3)20(24-18)21(27)23-16-4-6-17(7-5-16)26-8-10-29-11-9-26/h4-7,12-13H,8-11H2,1-3H3,(H,23,27). The van der Waals surface area contributed by atoms with Crippen LogP contribution in [0, 0.1) is 13.8 Å². The average Bonchev–Trinajstić information content (AvgIpc) is 2.75. The first-order valence-corrected chi connectivity index (χ1v) is 9.62. The first-order chi connectivity index (χ1) is 14.0. The Morgan fingerprint density at radius 3 is 2.28 bits per heavy atom. The van der Waals surface area contributed by atoms with Gasteiger partial charge < -0.3 is 19.7 Å². The summed E-state index contributed by atoms with van der Waals surface area (Å²) in [7, 11) is 1.49. The minimum absolute atomic E-state index is 0.167. The number of aryl methyl sites for hydroxylation is 2. The second-order valence-corrected chi connectivity index (χ2v) is 7.11. The van der Waals surface area contributed by atoms with Gasteiger partial charge in [-0.2, -0.15) is 0 Å². The minimum atomic E-state index is -0.353. The van der Waals surface area contributed by atoms with E-state index in [9.17, 15) is 4.79 Å². The molecule has 29 heavy (non-hydrogen) atoms. The maximum Gasteiger partial charge on any atom is 0.279 e. The van der Waals surface area contributed by atoms with Crippen LogP contribution in [0.2, 0.25) is 0 Å². The lowest BCUT2D eigenvalue weighted by Gasteiger charge is -2.28. The van der Waals surface area contributed by atoms with E-state index >= 15 is 0 Å². The van der Waals surface area contributed by atoms with E-state index in [0.29, 0.717) is 16.7 Å². The van der Waals surface area contributed by atoms with Crippen molar-refractivity contribution >= 4 is 28.3 Å². The Bertz CT molecular complexity index is 1040. The van der Waals surface area contributed by atoms with E-state index in [1.54, 1.807) is 0 Å². The molecule has 1 saturated heterocycles. The van der Waals surface area contributed by atoms with Crippen molar-refractivity contribution < 1.29 is 14.3 Å². The molecule has 2 heterocycles. The maximum atomic E-state index is 12.9. The fourth-order valence-corrected chi connectivity index (χ4v) is 3.35. The van der Waals surface area contributed by atoms with E-state index in [4.69, 9.17) is 9.47 Å². The zero-order valence-corrected chi connectivity index (χ0v) is 16.9. The van der Waals surface area contributed by atoms with E-state index in [0.717, 1.165) is 43.1 Å². The van der Waals surface area contributed by atoms with E-state index in [2.05, 4.69) is 20.2 Å². The van der Waals surface area contributed by atoms with Crippen LogP contribution in [0.1, 0.15) is 21.6 Å². The number of amides is 1. The second kappa shape index (κ2) is 8.05. The molecule has 1 N–H and O–H groups in total. The molecule has 1 fully saturated rings. The topological polar surface area (TPSA) is 76.6 Å². The molecule has 1 amide bonds. The van der Waals surface area contributed by atoms with Crippen molar-refractivity contribution in [1.82, 2.24) is 9.97 Å². The zero-order valence-electron chi connectivity index (χ0n) is 16.9. The molecule has 4 rings (SSSR count). The molecule has 1 aliphatic heterocycles. The van der Waals surface area contributed by atoms with Gasteiger partial charge in [0.05, 0.1) is 31.4 Å². The van der Waals surface area contributed by atoms with Crippen molar-refractivity contribution in [3.8, 4) is 5.88 Å². The number of rotatable bonds is 4. The summed E-state index contributed by atoms with van der Waals surface area (Å²) in [6.45, 7) is 7.24. The molecule has 1 aliphatic rings. The molecule has 7 nitrogen and oxygen atoms in total. The number of nitrogens with one attached hydrogen (secondary N) is 1. The fraction of sp³-hybridized carbons (Fsp3) is 0.318. The number of aromatic nitrogens is 2. The number of carbonyl (C=O) groups excluding carboxylic acids is 1. The van der Waals surface area contributed by atoms with Crippen molar-refractivity contribution in [3.05, 3.63) is 53.2 Å². The number of carbonyl (C=O) groups is 1. The SMILES string of the molecule is COc1nc2cc(C)c(C)cc2nc1C(=O)Nc1ccc(N2CCOCC2)cc1. The molecular formula is C22H24N4O3. The van der Waals surface area contributed by atoms with Crippen molar-refractivity contribution in [2.24, 2.45) is 0 Å². The number of methoxy groups -OCH3 is 1. The van der Waals surface area contributed by atoms with Crippen LogP contribution in [-0.2, 0) is 4.74 Å². The third-order valence-corrected chi connectivity index (χ3v) is 5.16. The molecule has 7 heteroatoms. The number of anilines is 2. The molecule has 0 bridgehead atoms. The number of ether oxygens (including phenoxy) is 2. The summed E-state index contributed by atoms with van der Waals surface area (Å²) < 4.78 is 10.7. The highest BCUT2D eigenvalue weighted by atomic mass is 16.5. The van der Waals surface area contributed by atoms with Crippen LogP contribution in [0.5, 0.6) is 5.88 Å². The van der Waals surface area contributed by atoms with Crippen LogP contribution in [0.4, 0.5) is 11.4 Å². The highest BCUT2D eigenvalue weighted by Crippen LogP contribution is 2.24.